The van der Waals surface area contributed by atoms with Crippen molar-refractivity contribution in [3.8, 4) is 5.75 Å². The Morgan fingerprint density at radius 2 is 1.81 bits per heavy atom. The quantitative estimate of drug-likeness (QED) is 0.334. The van der Waals surface area contributed by atoms with Crippen LogP contribution < -0.4 is 10.1 Å². The molecular weight excluding hydrogens is 527 g/mol. The van der Waals surface area contributed by atoms with E-state index in [1.54, 1.807) is 12.1 Å². The summed E-state index contributed by atoms with van der Waals surface area (Å²) in [5, 5.41) is 11.7. The predicted molar refractivity (Wildman–Crippen MR) is 140 cm³/mol. The van der Waals surface area contributed by atoms with E-state index in [4.69, 9.17) is 19.6 Å². The summed E-state index contributed by atoms with van der Waals surface area (Å²) in [4.78, 5) is 18.6. The molecule has 0 aliphatic carbocycles. The maximum atomic E-state index is 13.7. The summed E-state index contributed by atoms with van der Waals surface area (Å²) in [7, 11) is 0. The second kappa shape index (κ2) is 12.1. The first kappa shape index (κ1) is 25.9. The number of alkyl halides is 1. The highest BCUT2D eigenvalue weighted by Gasteiger charge is 2.53. The third kappa shape index (κ3) is 5.77. The van der Waals surface area contributed by atoms with Crippen molar-refractivity contribution in [2.45, 2.75) is 24.5 Å². The van der Waals surface area contributed by atoms with Crippen LogP contribution in [0.5, 0.6) is 5.75 Å². The Labute approximate surface area is 218 Å². The molecular formula is C28H28BrFN2O4. The molecule has 3 aromatic carbocycles. The molecule has 0 aromatic heterocycles. The minimum absolute atomic E-state index is 0.0626. The van der Waals surface area contributed by atoms with Gasteiger partial charge in [0.05, 0.1) is 6.61 Å². The van der Waals surface area contributed by atoms with E-state index in [-0.39, 0.29) is 19.6 Å². The summed E-state index contributed by atoms with van der Waals surface area (Å²) in [5.74, 6) is 0.581. The maximum absolute atomic E-state index is 13.7. The Morgan fingerprint density at radius 1 is 1.08 bits per heavy atom. The average Bonchev–Trinajstić information content (AvgIpc) is 3.28. The van der Waals surface area contributed by atoms with Crippen molar-refractivity contribution in [2.24, 2.45) is 4.99 Å². The fourth-order valence-corrected chi connectivity index (χ4v) is 4.66. The van der Waals surface area contributed by atoms with Gasteiger partial charge in [-0.2, -0.15) is 0 Å². The minimum atomic E-state index is -1.36. The zero-order chi connectivity index (χ0) is 25.4. The Bertz CT molecular complexity index is 1190. The third-order valence-corrected chi connectivity index (χ3v) is 6.64. The smallest absolute Gasteiger partial charge is 0.252 e. The van der Waals surface area contributed by atoms with Gasteiger partial charge >= 0.3 is 0 Å². The van der Waals surface area contributed by atoms with Crippen LogP contribution in [-0.2, 0) is 16.0 Å². The van der Waals surface area contributed by atoms with Crippen LogP contribution in [0, 0.1) is 0 Å². The first-order valence-electron chi connectivity index (χ1n) is 11.8. The highest BCUT2D eigenvalue weighted by atomic mass is 79.9. The number of aliphatic imine (C=N–C) groups is 1. The lowest BCUT2D eigenvalue weighted by Gasteiger charge is -2.31. The van der Waals surface area contributed by atoms with Crippen molar-refractivity contribution in [3.63, 3.8) is 0 Å². The zero-order valence-electron chi connectivity index (χ0n) is 19.7. The number of nitrogens with zero attached hydrogens (tertiary/aromatic N) is 1. The Kier molecular flexibility index (Phi) is 8.72. The van der Waals surface area contributed by atoms with Gasteiger partial charge in [0, 0.05) is 41.6 Å². The summed E-state index contributed by atoms with van der Waals surface area (Å²) < 4.78 is 25.9. The number of nitrogens with one attached hydrogen (secondary N) is 1. The molecule has 1 aliphatic rings. The number of carbonyl (C=O) groups is 1. The van der Waals surface area contributed by atoms with Gasteiger partial charge in [-0.25, -0.2) is 9.38 Å². The van der Waals surface area contributed by atoms with Crippen molar-refractivity contribution >= 4 is 27.7 Å². The summed E-state index contributed by atoms with van der Waals surface area (Å²) in [5.41, 5.74) is 1.01. The molecule has 6 nitrogen and oxygen atoms in total. The number of amides is 1. The highest BCUT2D eigenvalue weighted by Crippen LogP contribution is 2.44. The average molecular weight is 555 g/mol. The molecule has 1 heterocycles. The minimum Gasteiger partial charge on any atom is -0.494 e. The molecule has 0 unspecified atom stereocenters. The first-order chi connectivity index (χ1) is 17.6. The predicted octanol–water partition coefficient (Wildman–Crippen LogP) is 4.80. The molecule has 2 N–H and O–H groups in total. The van der Waals surface area contributed by atoms with Gasteiger partial charge in [-0.05, 0) is 35.9 Å². The molecule has 1 aliphatic heterocycles. The molecule has 0 saturated carbocycles. The van der Waals surface area contributed by atoms with Crippen LogP contribution in [-0.4, -0.2) is 48.9 Å². The van der Waals surface area contributed by atoms with Crippen LogP contribution in [0.3, 0.4) is 0 Å². The van der Waals surface area contributed by atoms with Crippen LogP contribution in [0.25, 0.3) is 0 Å². The Balaban J connectivity index is 1.76. The van der Waals surface area contributed by atoms with E-state index in [0.29, 0.717) is 30.2 Å². The largest absolute Gasteiger partial charge is 0.494 e. The molecule has 2 atom stereocenters. The lowest BCUT2D eigenvalue weighted by molar-refractivity contribution is -0.129. The number of carbonyl (C=O) groups excluding carboxylic acids is 1. The number of benzene rings is 3. The number of hydrogen-bond donors (Lipinski definition) is 2. The second-order valence-corrected chi connectivity index (χ2v) is 9.27. The molecule has 0 spiro atoms. The molecule has 0 bridgehead atoms. The second-order valence-electron chi connectivity index (χ2n) is 8.42. The van der Waals surface area contributed by atoms with E-state index in [9.17, 15) is 9.18 Å². The van der Waals surface area contributed by atoms with Gasteiger partial charge in [-0.1, -0.05) is 64.5 Å². The molecule has 1 amide bonds. The molecule has 4 rings (SSSR count). The van der Waals surface area contributed by atoms with E-state index < -0.39 is 24.2 Å². The topological polar surface area (TPSA) is 80.2 Å². The normalized spacial score (nSPS) is 18.9. The van der Waals surface area contributed by atoms with Crippen molar-refractivity contribution in [1.82, 2.24) is 5.32 Å². The molecule has 8 heteroatoms. The van der Waals surface area contributed by atoms with Gasteiger partial charge < -0.3 is 19.9 Å². The number of ether oxygens (including phenoxy) is 2. The molecule has 3 aromatic rings. The molecule has 0 fully saturated rings. The number of hydrogen-bond acceptors (Lipinski definition) is 5. The maximum Gasteiger partial charge on any atom is 0.252 e. The van der Waals surface area contributed by atoms with Crippen molar-refractivity contribution in [2.75, 3.05) is 26.4 Å². The summed E-state index contributed by atoms with van der Waals surface area (Å²) in [6, 6.07) is 24.4. The van der Waals surface area contributed by atoms with Gasteiger partial charge in [0.15, 0.2) is 11.6 Å². The van der Waals surface area contributed by atoms with E-state index in [0.717, 1.165) is 15.6 Å². The lowest BCUT2D eigenvalue weighted by Crippen LogP contribution is -2.50. The molecule has 188 valence electrons. The van der Waals surface area contributed by atoms with E-state index >= 15 is 0 Å². The van der Waals surface area contributed by atoms with Gasteiger partial charge in [-0.3, -0.25) is 4.79 Å². The fraction of sp³-hybridized carbons (Fsp3) is 0.286. The van der Waals surface area contributed by atoms with Crippen molar-refractivity contribution < 1.29 is 23.8 Å². The van der Waals surface area contributed by atoms with Crippen LogP contribution in [0.15, 0.2) is 88.3 Å². The van der Waals surface area contributed by atoms with Crippen LogP contribution in [0.2, 0.25) is 0 Å². The first-order valence-corrected chi connectivity index (χ1v) is 12.6. The zero-order valence-corrected chi connectivity index (χ0v) is 21.3. The van der Waals surface area contributed by atoms with Gasteiger partial charge in [0.1, 0.15) is 12.4 Å². The number of rotatable bonds is 11. The van der Waals surface area contributed by atoms with Gasteiger partial charge in [0.25, 0.3) is 5.91 Å². The molecule has 0 saturated heterocycles. The highest BCUT2D eigenvalue weighted by molar-refractivity contribution is 9.10. The standard InChI is InChI=1S/C28H28BrFN2O4/c29-24-10-5-4-9-23(24)25-28(27(34)31-16-15-30,19-20-7-2-1-3-8-20)32-26(36-25)21-11-13-22(14-12-21)35-18-6-17-33/h1-5,7-14,25,33H,6,15-19H2,(H,31,34)/t25-,28-/m1/s1. The summed E-state index contributed by atoms with van der Waals surface area (Å²) in [6.07, 6.45) is 0.0637. The monoisotopic (exact) mass is 554 g/mol. The number of halogens is 2. The fourth-order valence-electron chi connectivity index (χ4n) is 4.17. The lowest BCUT2D eigenvalue weighted by atomic mass is 9.82. The van der Waals surface area contributed by atoms with E-state index in [1.807, 2.05) is 66.7 Å². The summed E-state index contributed by atoms with van der Waals surface area (Å²) >= 11 is 3.60. The van der Waals surface area contributed by atoms with E-state index in [1.165, 1.54) is 0 Å². The Hall–Kier alpha value is -3.23. The molecule has 0 radical (unpaired) electrons. The van der Waals surface area contributed by atoms with Crippen LogP contribution >= 0.6 is 15.9 Å². The van der Waals surface area contributed by atoms with Gasteiger partial charge in [-0.15, -0.1) is 0 Å². The Morgan fingerprint density at radius 3 is 2.50 bits per heavy atom. The van der Waals surface area contributed by atoms with Crippen molar-refractivity contribution in [3.05, 3.63) is 100 Å². The van der Waals surface area contributed by atoms with Crippen LogP contribution in [0.4, 0.5) is 4.39 Å². The summed E-state index contributed by atoms with van der Waals surface area (Å²) in [6.45, 7) is -0.315. The molecule has 36 heavy (non-hydrogen) atoms. The van der Waals surface area contributed by atoms with Crippen molar-refractivity contribution in [1.29, 1.82) is 0 Å². The van der Waals surface area contributed by atoms with Gasteiger partial charge in [0.2, 0.25) is 5.90 Å². The number of aliphatic hydroxyl groups excluding tert-OH is 1. The third-order valence-electron chi connectivity index (χ3n) is 5.91. The van der Waals surface area contributed by atoms with E-state index in [2.05, 4.69) is 21.2 Å². The SMILES string of the molecule is O=C(NCCF)[C@]1(Cc2ccccc2)N=C(c2ccc(OCCCO)cc2)O[C@@H]1c1ccccc1Br. The van der Waals surface area contributed by atoms with Crippen LogP contribution in [0.1, 0.15) is 29.2 Å². The number of aliphatic hydroxyl groups is 1.